The monoisotopic (exact) mass is 922 g/mol. The van der Waals surface area contributed by atoms with Crippen LogP contribution in [-0.4, -0.2) is 0 Å². The zero-order valence-electron chi connectivity index (χ0n) is 42.6. The van der Waals surface area contributed by atoms with E-state index in [0.717, 1.165) is 0 Å². The minimum Gasteiger partial charge on any atom is -0.0622 e. The summed E-state index contributed by atoms with van der Waals surface area (Å²) in [6.45, 7) is 19.2. The highest BCUT2D eigenvalue weighted by Gasteiger charge is 2.40. The minimum absolute atomic E-state index is 0.0291. The number of benzene rings is 10. The zero-order valence-corrected chi connectivity index (χ0v) is 42.6. The third-order valence-corrected chi connectivity index (χ3v) is 17.9. The third kappa shape index (κ3) is 5.99. The van der Waals surface area contributed by atoms with Crippen molar-refractivity contribution in [2.24, 2.45) is 0 Å². The molecule has 0 radical (unpaired) electrons. The van der Waals surface area contributed by atoms with Gasteiger partial charge in [-0.2, -0.15) is 0 Å². The normalized spacial score (nSPS) is 15.9. The lowest BCUT2D eigenvalue weighted by molar-refractivity contribution is 0.659. The van der Waals surface area contributed by atoms with Crippen LogP contribution in [0.5, 0.6) is 0 Å². The van der Waals surface area contributed by atoms with Crippen molar-refractivity contribution in [3.05, 3.63) is 251 Å². The van der Waals surface area contributed by atoms with E-state index < -0.39 is 0 Å². The fourth-order valence-corrected chi connectivity index (χ4v) is 13.8. The lowest BCUT2D eigenvalue weighted by Crippen LogP contribution is -2.16. The molecule has 4 aliphatic carbocycles. The predicted octanol–water partition coefficient (Wildman–Crippen LogP) is 19.2. The fourth-order valence-electron chi connectivity index (χ4n) is 13.8. The van der Waals surface area contributed by atoms with Crippen molar-refractivity contribution in [3.8, 4) is 100 Å². The number of rotatable bonds is 5. The molecule has 0 bridgehead atoms. The molecule has 0 aromatic heterocycles. The molecule has 0 saturated carbocycles. The van der Waals surface area contributed by atoms with Gasteiger partial charge in [-0.05, 0) is 187 Å². The van der Waals surface area contributed by atoms with Crippen LogP contribution in [0.3, 0.4) is 0 Å². The second-order valence-electron chi connectivity index (χ2n) is 23.3. The molecule has 0 nitrogen and oxygen atoms in total. The van der Waals surface area contributed by atoms with Crippen molar-refractivity contribution in [1.82, 2.24) is 0 Å². The van der Waals surface area contributed by atoms with Gasteiger partial charge in [0.2, 0.25) is 0 Å². The van der Waals surface area contributed by atoms with Gasteiger partial charge in [0, 0.05) is 21.7 Å². The van der Waals surface area contributed by atoms with Gasteiger partial charge in [-0.1, -0.05) is 219 Å². The Hall–Kier alpha value is -7.80. The molecule has 0 aliphatic heterocycles. The van der Waals surface area contributed by atoms with E-state index >= 15 is 0 Å². The topological polar surface area (TPSA) is 0 Å². The highest BCUT2D eigenvalue weighted by atomic mass is 14.4. The first-order chi connectivity index (χ1) is 34.7. The van der Waals surface area contributed by atoms with Gasteiger partial charge in [-0.15, -0.1) is 0 Å². The summed E-state index contributed by atoms with van der Waals surface area (Å²) in [6.07, 6.45) is 0. The van der Waals surface area contributed by atoms with Crippen molar-refractivity contribution in [3.63, 3.8) is 0 Å². The maximum Gasteiger partial charge on any atom is 0.0159 e. The molecule has 4 aliphatic rings. The van der Waals surface area contributed by atoms with E-state index in [1.54, 1.807) is 0 Å². The highest BCUT2D eigenvalue weighted by Crippen LogP contribution is 2.56. The van der Waals surface area contributed by atoms with E-state index in [4.69, 9.17) is 0 Å². The molecular weight excluding hydrogens is 865 g/mol. The average molecular weight is 923 g/mol. The van der Waals surface area contributed by atoms with Gasteiger partial charge >= 0.3 is 0 Å². The highest BCUT2D eigenvalue weighted by molar-refractivity contribution is 5.93. The summed E-state index contributed by atoms with van der Waals surface area (Å²) in [7, 11) is 0. The Morgan fingerprint density at radius 3 is 0.778 bits per heavy atom. The SMILES string of the molecule is CC1(C)c2ccccc2-c2ccc(-c3ccc(-c4ccccc4)c(-c4ccc5c(c4)C(C)(C)c4cc(-c6ccc7c(c6)C(C)(C)c6cc(-c8ccc9c(c8)C(C)(C)c8ccccc8-9)ccc6-7)ccc4-5)c3)cc21. The second-order valence-corrected chi connectivity index (χ2v) is 23.3. The van der Waals surface area contributed by atoms with Crippen LogP contribution < -0.4 is 0 Å². The van der Waals surface area contributed by atoms with Gasteiger partial charge in [-0.25, -0.2) is 0 Å². The Morgan fingerprint density at radius 1 is 0.167 bits per heavy atom. The van der Waals surface area contributed by atoms with Crippen molar-refractivity contribution in [2.45, 2.75) is 77.0 Å². The summed E-state index contributed by atoms with van der Waals surface area (Å²) < 4.78 is 0. The Kier molecular flexibility index (Phi) is 8.89. The molecular formula is C72H58. The first-order valence-corrected chi connectivity index (χ1v) is 26.0. The predicted molar refractivity (Wildman–Crippen MR) is 304 cm³/mol. The molecule has 72 heavy (non-hydrogen) atoms. The molecule has 0 atom stereocenters. The first kappa shape index (κ1) is 43.0. The largest absolute Gasteiger partial charge is 0.0622 e. The smallest absolute Gasteiger partial charge is 0.0159 e. The second kappa shape index (κ2) is 14.9. The molecule has 0 saturated heterocycles. The van der Waals surface area contributed by atoms with Crippen LogP contribution in [0.1, 0.15) is 99.9 Å². The first-order valence-electron chi connectivity index (χ1n) is 26.0. The number of hydrogen-bond donors (Lipinski definition) is 0. The van der Waals surface area contributed by atoms with E-state index in [-0.39, 0.29) is 21.7 Å². The molecule has 0 fully saturated rings. The quantitative estimate of drug-likeness (QED) is 0.161. The molecule has 0 unspecified atom stereocenters. The van der Waals surface area contributed by atoms with Crippen molar-refractivity contribution < 1.29 is 0 Å². The summed E-state index contributed by atoms with van der Waals surface area (Å²) in [5, 5.41) is 0. The van der Waals surface area contributed by atoms with Gasteiger partial charge in [0.1, 0.15) is 0 Å². The maximum absolute atomic E-state index is 2.50. The molecule has 346 valence electrons. The van der Waals surface area contributed by atoms with E-state index in [0.29, 0.717) is 0 Å². The molecule has 0 amide bonds. The molecule has 14 rings (SSSR count). The lowest BCUT2D eigenvalue weighted by atomic mass is 9.79. The van der Waals surface area contributed by atoms with Crippen LogP contribution in [0.2, 0.25) is 0 Å². The third-order valence-electron chi connectivity index (χ3n) is 17.9. The van der Waals surface area contributed by atoms with Crippen molar-refractivity contribution in [1.29, 1.82) is 0 Å². The van der Waals surface area contributed by atoms with Crippen LogP contribution in [0.4, 0.5) is 0 Å². The van der Waals surface area contributed by atoms with Crippen LogP contribution >= 0.6 is 0 Å². The van der Waals surface area contributed by atoms with Crippen molar-refractivity contribution >= 4 is 0 Å². The Bertz CT molecular complexity index is 3960. The summed E-state index contributed by atoms with van der Waals surface area (Å²) in [6, 6.07) is 79.0. The van der Waals surface area contributed by atoms with Crippen LogP contribution in [0.15, 0.2) is 206 Å². The van der Waals surface area contributed by atoms with Crippen LogP contribution in [-0.2, 0) is 21.7 Å². The van der Waals surface area contributed by atoms with Crippen LogP contribution in [0.25, 0.3) is 100 Å². The number of fused-ring (bicyclic) bond motifs is 12. The van der Waals surface area contributed by atoms with Gasteiger partial charge in [0.05, 0.1) is 0 Å². The van der Waals surface area contributed by atoms with Gasteiger partial charge in [0.25, 0.3) is 0 Å². The van der Waals surface area contributed by atoms with E-state index in [9.17, 15) is 0 Å². The minimum atomic E-state index is -0.194. The lowest BCUT2D eigenvalue weighted by Gasteiger charge is -2.24. The summed E-state index contributed by atoms with van der Waals surface area (Å²) >= 11 is 0. The molecule has 10 aromatic rings. The van der Waals surface area contributed by atoms with Gasteiger partial charge in [-0.3, -0.25) is 0 Å². The fraction of sp³-hybridized carbons (Fsp3) is 0.167. The Balaban J connectivity index is 0.795. The maximum atomic E-state index is 2.50. The van der Waals surface area contributed by atoms with E-state index in [1.807, 2.05) is 0 Å². The summed E-state index contributed by atoms with van der Waals surface area (Å²) in [4.78, 5) is 0. The molecule has 0 spiro atoms. The van der Waals surface area contributed by atoms with Crippen molar-refractivity contribution in [2.75, 3.05) is 0 Å². The van der Waals surface area contributed by atoms with E-state index in [2.05, 4.69) is 262 Å². The van der Waals surface area contributed by atoms with Crippen LogP contribution in [0, 0.1) is 0 Å². The average Bonchev–Trinajstić information content (AvgIpc) is 3.97. The molecule has 0 heteroatoms. The summed E-state index contributed by atoms with van der Waals surface area (Å²) in [5.41, 5.74) is 34.2. The molecule has 10 aromatic carbocycles. The Labute approximate surface area is 425 Å². The standard InChI is InChI=1S/C72H58/c1-69(2)61-20-14-12-18-52(61)54-30-23-45(37-63(54)69)44-22-29-51(43-16-10-9-11-17-43)60(36-44)50-28-35-59-58-34-27-49(41-67(58)72(7,8)68(59)42-50)48-26-33-57-56-32-25-47(39-65(56)71(5,6)66(57)40-48)46-24-31-55-53-19-13-15-21-62(53)70(3,4)64(55)38-46/h9-42H,1-8H3. The summed E-state index contributed by atoms with van der Waals surface area (Å²) in [5.74, 6) is 0. The number of hydrogen-bond acceptors (Lipinski definition) is 0. The Morgan fingerprint density at radius 2 is 0.417 bits per heavy atom. The van der Waals surface area contributed by atoms with Gasteiger partial charge < -0.3 is 0 Å². The van der Waals surface area contributed by atoms with E-state index in [1.165, 1.54) is 145 Å². The zero-order chi connectivity index (χ0) is 49.1. The molecule has 0 N–H and O–H groups in total. The van der Waals surface area contributed by atoms with Gasteiger partial charge in [0.15, 0.2) is 0 Å². The molecule has 0 heterocycles.